The molecule has 1 unspecified atom stereocenters. The maximum atomic E-state index is 12.0. The second-order valence-corrected chi connectivity index (χ2v) is 22.4. The molecule has 24 heavy (non-hydrogen) atoms. The number of carbonyl (C=O) groups is 2. The molecule has 1 aromatic carbocycles. The van der Waals surface area contributed by atoms with E-state index in [4.69, 9.17) is 9.47 Å². The number of rotatable bonds is 5. The summed E-state index contributed by atoms with van der Waals surface area (Å²) in [5.41, 5.74) is 0.385. The fourth-order valence-electron chi connectivity index (χ4n) is 2.19. The van der Waals surface area contributed by atoms with Crippen molar-refractivity contribution in [1.82, 2.24) is 5.32 Å². The van der Waals surface area contributed by atoms with Crippen LogP contribution in [0.3, 0.4) is 0 Å². The van der Waals surface area contributed by atoms with Crippen LogP contribution in [0.25, 0.3) is 0 Å². The number of benzene rings is 1. The molecular weight excluding hydrogens is 413 g/mol. The van der Waals surface area contributed by atoms with E-state index in [1.165, 1.54) is 10.7 Å². The Labute approximate surface area is 149 Å². The minimum atomic E-state index is -2.19. The SMILES string of the molecule is COC(=O)C(Cc1ccc[c]([Sn]([CH3])([CH3])[CH3])c1)NC(=O)OC(C)(C)C. The second-order valence-electron chi connectivity index (χ2n) is 7.88. The van der Waals surface area contributed by atoms with Crippen molar-refractivity contribution in [3.63, 3.8) is 0 Å². The first-order valence-electron chi connectivity index (χ1n) is 8.09. The van der Waals surface area contributed by atoms with E-state index < -0.39 is 42.1 Å². The number of amides is 1. The predicted molar refractivity (Wildman–Crippen MR) is 98.3 cm³/mol. The Kier molecular flexibility index (Phi) is 7.13. The van der Waals surface area contributed by atoms with Crippen LogP contribution in [-0.4, -0.2) is 49.2 Å². The van der Waals surface area contributed by atoms with E-state index in [1.54, 1.807) is 20.8 Å². The fourth-order valence-corrected chi connectivity index (χ4v) is 5.65. The van der Waals surface area contributed by atoms with Gasteiger partial charge in [-0.25, -0.2) is 0 Å². The predicted octanol–water partition coefficient (Wildman–Crippen LogP) is 2.84. The van der Waals surface area contributed by atoms with Crippen LogP contribution in [-0.2, 0) is 20.7 Å². The molecule has 5 nitrogen and oxygen atoms in total. The van der Waals surface area contributed by atoms with Gasteiger partial charge in [-0.15, -0.1) is 0 Å². The van der Waals surface area contributed by atoms with Gasteiger partial charge in [-0.3, -0.25) is 0 Å². The third-order valence-electron chi connectivity index (χ3n) is 3.41. The van der Waals surface area contributed by atoms with Crippen LogP contribution in [0, 0.1) is 0 Å². The molecular formula is C18H29NO4Sn. The molecule has 1 rings (SSSR count). The van der Waals surface area contributed by atoms with Gasteiger partial charge in [0.15, 0.2) is 0 Å². The van der Waals surface area contributed by atoms with E-state index in [0.717, 1.165) is 5.56 Å². The van der Waals surface area contributed by atoms with Crippen LogP contribution in [0.1, 0.15) is 26.3 Å². The number of alkyl carbamates (subject to hydrolysis) is 1. The minimum absolute atomic E-state index is 0.377. The summed E-state index contributed by atoms with van der Waals surface area (Å²) < 4.78 is 11.4. The number of ether oxygens (including phenoxy) is 2. The molecule has 1 aromatic rings. The molecule has 1 N–H and O–H groups in total. The standard InChI is InChI=1S/C15H20NO4.3CH3.Sn/c1-15(2,3)20-14(18)16-12(13(17)19-4)10-11-8-6-5-7-9-11;;;;/h5-6,8-9,12H,10H2,1-4H3,(H,16,18);3*1H3;. The Morgan fingerprint density at radius 2 is 1.83 bits per heavy atom. The molecule has 1 amide bonds. The molecule has 1 atom stereocenters. The first kappa shape index (κ1) is 20.8. The molecule has 0 aliphatic rings. The third-order valence-corrected chi connectivity index (χ3v) is 9.24. The summed E-state index contributed by atoms with van der Waals surface area (Å²) in [6.07, 6.45) is -0.245. The summed E-state index contributed by atoms with van der Waals surface area (Å²) in [7, 11) is 1.31. The number of esters is 1. The molecule has 0 heterocycles. The Hall–Kier alpha value is -1.24. The summed E-state index contributed by atoms with van der Waals surface area (Å²) >= 11 is -2.19. The number of hydrogen-bond acceptors (Lipinski definition) is 4. The van der Waals surface area contributed by atoms with Crippen molar-refractivity contribution in [1.29, 1.82) is 0 Å². The van der Waals surface area contributed by atoms with Gasteiger partial charge in [-0.1, -0.05) is 0 Å². The van der Waals surface area contributed by atoms with Gasteiger partial charge in [0.2, 0.25) is 0 Å². The Bertz CT molecular complexity index is 587. The van der Waals surface area contributed by atoms with Gasteiger partial charge in [-0.2, -0.15) is 0 Å². The van der Waals surface area contributed by atoms with Crippen LogP contribution < -0.4 is 8.90 Å². The zero-order valence-electron chi connectivity index (χ0n) is 15.7. The van der Waals surface area contributed by atoms with Crippen molar-refractivity contribution >= 4 is 34.0 Å². The van der Waals surface area contributed by atoms with Crippen molar-refractivity contribution in [3.8, 4) is 0 Å². The first-order chi connectivity index (χ1) is 10.9. The van der Waals surface area contributed by atoms with Crippen molar-refractivity contribution < 1.29 is 19.1 Å². The monoisotopic (exact) mass is 443 g/mol. The average molecular weight is 442 g/mol. The Morgan fingerprint density at radius 1 is 1.21 bits per heavy atom. The van der Waals surface area contributed by atoms with E-state index >= 15 is 0 Å². The molecule has 134 valence electrons. The van der Waals surface area contributed by atoms with E-state index in [1.807, 2.05) is 12.1 Å². The summed E-state index contributed by atoms with van der Waals surface area (Å²) in [5.74, 6) is -0.481. The van der Waals surface area contributed by atoms with Gasteiger partial charge in [0.1, 0.15) is 0 Å². The summed E-state index contributed by atoms with van der Waals surface area (Å²) in [4.78, 5) is 31.0. The maximum absolute atomic E-state index is 12.0. The second kappa shape index (κ2) is 8.23. The zero-order valence-corrected chi connectivity index (χ0v) is 18.6. The molecule has 0 saturated heterocycles. The van der Waals surface area contributed by atoms with E-state index in [2.05, 4.69) is 32.3 Å². The van der Waals surface area contributed by atoms with Crippen LogP contribution in [0.15, 0.2) is 24.3 Å². The van der Waals surface area contributed by atoms with Crippen molar-refractivity contribution in [2.45, 2.75) is 53.7 Å². The van der Waals surface area contributed by atoms with Gasteiger partial charge < -0.3 is 0 Å². The molecule has 0 bridgehead atoms. The number of carbonyl (C=O) groups excluding carboxylic acids is 2. The van der Waals surface area contributed by atoms with Crippen LogP contribution in [0.5, 0.6) is 0 Å². The van der Waals surface area contributed by atoms with Crippen molar-refractivity contribution in [3.05, 3.63) is 29.8 Å². The normalized spacial score (nSPS) is 13.1. The number of hydrogen-bond donors (Lipinski definition) is 1. The molecule has 0 aliphatic heterocycles. The van der Waals surface area contributed by atoms with E-state index in [9.17, 15) is 9.59 Å². The van der Waals surface area contributed by atoms with Gasteiger partial charge >= 0.3 is 149 Å². The number of methoxy groups -OCH3 is 1. The number of nitrogens with one attached hydrogen (secondary N) is 1. The summed E-state index contributed by atoms with van der Waals surface area (Å²) in [5, 5.41) is 2.61. The van der Waals surface area contributed by atoms with E-state index in [-0.39, 0.29) is 0 Å². The van der Waals surface area contributed by atoms with Gasteiger partial charge in [0.25, 0.3) is 0 Å². The van der Waals surface area contributed by atoms with Crippen LogP contribution in [0.4, 0.5) is 4.79 Å². The van der Waals surface area contributed by atoms with Crippen LogP contribution in [0.2, 0.25) is 14.8 Å². The quantitative estimate of drug-likeness (QED) is 0.563. The summed E-state index contributed by atoms with van der Waals surface area (Å²) in [6.45, 7) is 5.33. The summed E-state index contributed by atoms with van der Waals surface area (Å²) in [6, 6.07) is 7.49. The average Bonchev–Trinajstić information content (AvgIpc) is 2.43. The van der Waals surface area contributed by atoms with Crippen LogP contribution >= 0.6 is 0 Å². The molecule has 6 heteroatoms. The van der Waals surface area contributed by atoms with Gasteiger partial charge in [0, 0.05) is 0 Å². The molecule has 0 saturated carbocycles. The van der Waals surface area contributed by atoms with Gasteiger partial charge in [-0.05, 0) is 0 Å². The fraction of sp³-hybridized carbons (Fsp3) is 0.556. The molecule has 0 spiro atoms. The molecule has 0 radical (unpaired) electrons. The Balaban J connectivity index is 2.91. The Morgan fingerprint density at radius 3 is 2.33 bits per heavy atom. The molecule has 0 aliphatic carbocycles. The van der Waals surface area contributed by atoms with E-state index in [0.29, 0.717) is 6.42 Å². The molecule has 0 aromatic heterocycles. The van der Waals surface area contributed by atoms with Crippen molar-refractivity contribution in [2.75, 3.05) is 7.11 Å². The first-order valence-corrected chi connectivity index (χ1v) is 18.1. The topological polar surface area (TPSA) is 64.6 Å². The zero-order chi connectivity index (χ0) is 18.5. The van der Waals surface area contributed by atoms with Gasteiger partial charge in [0.05, 0.1) is 0 Å². The van der Waals surface area contributed by atoms with Crippen molar-refractivity contribution in [2.24, 2.45) is 0 Å². The third kappa shape index (κ3) is 7.11. The molecule has 0 fully saturated rings.